The molecule has 0 aromatic heterocycles. The molecule has 3 aromatic rings. The Kier molecular flexibility index (Phi) is 8.99. The number of ketones is 1. The van der Waals surface area contributed by atoms with Gasteiger partial charge in [-0.25, -0.2) is 0 Å². The highest BCUT2D eigenvalue weighted by Gasteiger charge is 2.21. The highest BCUT2D eigenvalue weighted by molar-refractivity contribution is 6.42. The highest BCUT2D eigenvalue weighted by Crippen LogP contribution is 2.27. The van der Waals surface area contributed by atoms with Gasteiger partial charge in [0.05, 0.1) is 10.0 Å². The molecule has 3 aromatic carbocycles. The normalized spacial score (nSPS) is 17.4. The summed E-state index contributed by atoms with van der Waals surface area (Å²) in [6.07, 6.45) is 6.17. The second-order valence-corrected chi connectivity index (χ2v) is 11.5. The molecule has 37 heavy (non-hydrogen) atoms. The van der Waals surface area contributed by atoms with Crippen molar-refractivity contribution in [2.45, 2.75) is 58.2 Å². The molecule has 0 N–H and O–H groups in total. The molecule has 5 heteroatoms. The number of hydrogen-bond donors (Lipinski definition) is 0. The number of piperidine rings is 1. The van der Waals surface area contributed by atoms with E-state index in [1.165, 1.54) is 22.3 Å². The molecule has 1 fully saturated rings. The van der Waals surface area contributed by atoms with Crippen LogP contribution in [0.25, 0.3) is 0 Å². The van der Waals surface area contributed by atoms with Gasteiger partial charge in [0.15, 0.2) is 5.78 Å². The molecule has 194 valence electrons. The molecule has 0 saturated carbocycles. The lowest BCUT2D eigenvalue weighted by Gasteiger charge is -2.32. The number of benzene rings is 3. The first kappa shape index (κ1) is 26.4. The Morgan fingerprint density at radius 3 is 2.35 bits per heavy atom. The van der Waals surface area contributed by atoms with E-state index in [0.29, 0.717) is 28.2 Å². The van der Waals surface area contributed by atoms with E-state index in [-0.39, 0.29) is 0 Å². The largest absolute Gasteiger partial charge is 0.299 e. The van der Waals surface area contributed by atoms with Crippen molar-refractivity contribution >= 4 is 29.0 Å². The van der Waals surface area contributed by atoms with Gasteiger partial charge in [-0.15, -0.1) is 0 Å². The highest BCUT2D eigenvalue weighted by atomic mass is 35.5. The van der Waals surface area contributed by atoms with E-state index in [9.17, 15) is 4.79 Å². The van der Waals surface area contributed by atoms with Crippen molar-refractivity contribution in [3.8, 4) is 0 Å². The van der Waals surface area contributed by atoms with Crippen LogP contribution < -0.4 is 0 Å². The number of aryl methyl sites for hydroxylation is 1. The number of halogens is 2. The third-order valence-electron chi connectivity index (χ3n) is 7.97. The van der Waals surface area contributed by atoms with Crippen LogP contribution in [0.2, 0.25) is 10.0 Å². The molecule has 5 rings (SSSR count). The predicted molar refractivity (Wildman–Crippen MR) is 153 cm³/mol. The van der Waals surface area contributed by atoms with Crippen molar-refractivity contribution in [2.24, 2.45) is 5.92 Å². The summed E-state index contributed by atoms with van der Waals surface area (Å²) in [7, 11) is 0. The summed E-state index contributed by atoms with van der Waals surface area (Å²) in [5, 5.41) is 1.22. The van der Waals surface area contributed by atoms with E-state index in [0.717, 1.165) is 76.9 Å². The second kappa shape index (κ2) is 12.6. The third-order valence-corrected chi connectivity index (χ3v) is 8.71. The fraction of sp³-hybridized carbons (Fsp3) is 0.406. The van der Waals surface area contributed by atoms with Crippen LogP contribution in [0, 0.1) is 5.92 Å². The number of rotatable bonds is 8. The monoisotopic (exact) mass is 534 g/mol. The van der Waals surface area contributed by atoms with Gasteiger partial charge in [-0.1, -0.05) is 71.7 Å². The fourth-order valence-electron chi connectivity index (χ4n) is 5.79. The molecule has 0 radical (unpaired) electrons. The molecule has 2 aliphatic heterocycles. The van der Waals surface area contributed by atoms with Gasteiger partial charge in [0.1, 0.15) is 0 Å². The zero-order valence-corrected chi connectivity index (χ0v) is 23.0. The molecule has 0 aliphatic carbocycles. The van der Waals surface area contributed by atoms with Crippen LogP contribution in [0.1, 0.15) is 64.7 Å². The molecule has 3 nitrogen and oxygen atoms in total. The Morgan fingerprint density at radius 2 is 1.57 bits per heavy atom. The van der Waals surface area contributed by atoms with Gasteiger partial charge in [-0.2, -0.15) is 0 Å². The van der Waals surface area contributed by atoms with Crippen molar-refractivity contribution in [2.75, 3.05) is 19.6 Å². The minimum absolute atomic E-state index is 0.292. The van der Waals surface area contributed by atoms with Gasteiger partial charge in [-0.05, 0) is 98.1 Å². The molecule has 0 bridgehead atoms. The molecule has 2 aliphatic rings. The molecule has 0 amide bonds. The van der Waals surface area contributed by atoms with E-state index in [2.05, 4.69) is 64.4 Å². The van der Waals surface area contributed by atoms with Gasteiger partial charge in [0, 0.05) is 31.6 Å². The van der Waals surface area contributed by atoms with Gasteiger partial charge >= 0.3 is 0 Å². The van der Waals surface area contributed by atoms with Crippen molar-refractivity contribution in [1.82, 2.24) is 9.80 Å². The number of carbonyl (C=O) groups excluding carboxylic acids is 1. The fourth-order valence-corrected chi connectivity index (χ4v) is 6.11. The smallest absolute Gasteiger partial charge is 0.162 e. The maximum atomic E-state index is 13.1. The quantitative estimate of drug-likeness (QED) is 0.275. The van der Waals surface area contributed by atoms with E-state index < -0.39 is 0 Å². The first-order chi connectivity index (χ1) is 18.0. The zero-order valence-electron chi connectivity index (χ0n) is 21.5. The minimum atomic E-state index is 0.292. The van der Waals surface area contributed by atoms with Gasteiger partial charge in [0.2, 0.25) is 0 Å². The summed E-state index contributed by atoms with van der Waals surface area (Å²) < 4.78 is 0. The van der Waals surface area contributed by atoms with Crippen LogP contribution in [0.4, 0.5) is 0 Å². The number of hydrogen-bond acceptors (Lipinski definition) is 3. The van der Waals surface area contributed by atoms with Crippen molar-refractivity contribution in [3.63, 3.8) is 0 Å². The van der Waals surface area contributed by atoms with Crippen LogP contribution in [0.5, 0.6) is 0 Å². The Labute approximate surface area is 231 Å². The zero-order chi connectivity index (χ0) is 25.6. The molecule has 2 heterocycles. The lowest BCUT2D eigenvalue weighted by Crippen LogP contribution is -2.33. The number of Topliss-reactive ketones (excluding diaryl/α,β-unsaturated/α-hetero) is 1. The maximum Gasteiger partial charge on any atom is 0.162 e. The van der Waals surface area contributed by atoms with E-state index >= 15 is 0 Å². The van der Waals surface area contributed by atoms with Crippen LogP contribution in [0.3, 0.4) is 0 Å². The number of nitrogens with zero attached hydrogens (tertiary/aromatic N) is 2. The topological polar surface area (TPSA) is 23.6 Å². The summed E-state index contributed by atoms with van der Waals surface area (Å²) in [4.78, 5) is 18.1. The van der Waals surface area contributed by atoms with Crippen LogP contribution in [0.15, 0.2) is 66.7 Å². The van der Waals surface area contributed by atoms with Crippen molar-refractivity contribution in [1.29, 1.82) is 0 Å². The van der Waals surface area contributed by atoms with Gasteiger partial charge in [0.25, 0.3) is 0 Å². The molecule has 0 unspecified atom stereocenters. The summed E-state index contributed by atoms with van der Waals surface area (Å²) in [6, 6.07) is 23.0. The lowest BCUT2D eigenvalue weighted by atomic mass is 9.89. The van der Waals surface area contributed by atoms with Crippen LogP contribution in [-0.4, -0.2) is 35.2 Å². The lowest BCUT2D eigenvalue weighted by molar-refractivity contribution is 0.0961. The summed E-state index contributed by atoms with van der Waals surface area (Å²) in [6.45, 7) is 6.00. The first-order valence-electron chi connectivity index (χ1n) is 13.6. The SMILES string of the molecule is O=C(CCC1CCN(Cc2ccc(Cl)c(Cl)c2)CC1)c1ccc2c(c1)CN(Cc1ccccc1)CCC2. The number of likely N-dealkylation sites (tertiary alicyclic amines) is 1. The van der Waals surface area contributed by atoms with Crippen LogP contribution >= 0.6 is 23.2 Å². The number of carbonyl (C=O) groups is 1. The number of fused-ring (bicyclic) bond motifs is 1. The standard InChI is InChI=1S/C32H36Cl2N2O/c33-30-12-8-26(19-31(30)34)22-35-17-14-24(15-18-35)9-13-32(37)28-11-10-27-7-4-16-36(23-29(27)20-28)21-25-5-2-1-3-6-25/h1-3,5-6,8,10-12,19-20,24H,4,7,9,13-18,21-23H2. The average Bonchev–Trinajstić information content (AvgIpc) is 3.12. The third kappa shape index (κ3) is 7.23. The average molecular weight is 536 g/mol. The van der Waals surface area contributed by atoms with Gasteiger partial charge < -0.3 is 0 Å². The molecule has 1 saturated heterocycles. The van der Waals surface area contributed by atoms with E-state index in [4.69, 9.17) is 23.2 Å². The molecule has 0 atom stereocenters. The summed E-state index contributed by atoms with van der Waals surface area (Å²) >= 11 is 12.2. The Morgan fingerprint density at radius 1 is 0.784 bits per heavy atom. The minimum Gasteiger partial charge on any atom is -0.299 e. The second-order valence-electron chi connectivity index (χ2n) is 10.7. The summed E-state index contributed by atoms with van der Waals surface area (Å²) in [5.74, 6) is 0.913. The van der Waals surface area contributed by atoms with E-state index in [1.54, 1.807) is 0 Å². The maximum absolute atomic E-state index is 13.1. The Bertz CT molecular complexity index is 1200. The molecular weight excluding hydrogens is 499 g/mol. The predicted octanol–water partition coefficient (Wildman–Crippen LogP) is 7.82. The molecular formula is C32H36Cl2N2O. The Balaban J connectivity index is 1.11. The Hall–Kier alpha value is -2.17. The van der Waals surface area contributed by atoms with Crippen molar-refractivity contribution in [3.05, 3.63) is 105 Å². The summed E-state index contributed by atoms with van der Waals surface area (Å²) in [5.41, 5.74) is 6.17. The van der Waals surface area contributed by atoms with E-state index in [1.807, 2.05) is 12.1 Å². The van der Waals surface area contributed by atoms with Crippen LogP contribution in [-0.2, 0) is 26.1 Å². The van der Waals surface area contributed by atoms with Crippen molar-refractivity contribution < 1.29 is 4.79 Å². The first-order valence-corrected chi connectivity index (χ1v) is 14.4. The van der Waals surface area contributed by atoms with Gasteiger partial charge in [-0.3, -0.25) is 14.6 Å². The molecule has 0 spiro atoms.